The molecule has 3 rings (SSSR count). The fourth-order valence-corrected chi connectivity index (χ4v) is 9.20. The molecule has 3 N–H and O–H groups in total. The zero-order valence-electron chi connectivity index (χ0n) is 24.9. The van der Waals surface area contributed by atoms with Gasteiger partial charge in [-0.05, 0) is 64.2 Å². The SMILES string of the molecule is N#CCCOP(=O)(OCCC#N)OC1CCC2(CC1)CC(N)CC1(CCC(OP(=O)(OCCC#N)OCCC#N)CC1)N2O. The summed E-state index contributed by atoms with van der Waals surface area (Å²) in [5.41, 5.74) is 5.35. The first-order valence-electron chi connectivity index (χ1n) is 14.9. The topological polar surface area (TPSA) is 234 Å². The fourth-order valence-electron chi connectivity index (χ4n) is 6.40. The van der Waals surface area contributed by atoms with E-state index in [0.29, 0.717) is 64.2 Å². The lowest BCUT2D eigenvalue weighted by molar-refractivity contribution is -0.284. The molecule has 0 atom stereocenters. The van der Waals surface area contributed by atoms with Gasteiger partial charge in [-0.3, -0.25) is 27.1 Å². The number of nitrogens with two attached hydrogens (primary N) is 1. The van der Waals surface area contributed by atoms with E-state index in [2.05, 4.69) is 0 Å². The van der Waals surface area contributed by atoms with Gasteiger partial charge in [0.25, 0.3) is 0 Å². The van der Waals surface area contributed by atoms with Crippen LogP contribution in [0.2, 0.25) is 0 Å². The summed E-state index contributed by atoms with van der Waals surface area (Å²) in [7, 11) is -7.99. The largest absolute Gasteiger partial charge is 0.475 e. The van der Waals surface area contributed by atoms with Gasteiger partial charge in [-0.2, -0.15) is 26.1 Å². The third-order valence-corrected chi connectivity index (χ3v) is 11.4. The molecule has 17 heteroatoms. The Labute approximate surface area is 258 Å². The van der Waals surface area contributed by atoms with Crippen molar-refractivity contribution in [1.29, 1.82) is 21.0 Å². The summed E-state index contributed by atoms with van der Waals surface area (Å²) in [6.07, 6.45) is 4.16. The lowest BCUT2D eigenvalue weighted by Crippen LogP contribution is -2.68. The maximum absolute atomic E-state index is 13.2. The summed E-state index contributed by atoms with van der Waals surface area (Å²) in [5, 5.41) is 48.4. The number of hydroxylamine groups is 2. The quantitative estimate of drug-likeness (QED) is 0.162. The van der Waals surface area contributed by atoms with Crippen LogP contribution in [0.5, 0.6) is 0 Å². The number of phosphoric acid groups is 2. The Hall–Kier alpha value is -1.94. The highest BCUT2D eigenvalue weighted by molar-refractivity contribution is 7.48. The van der Waals surface area contributed by atoms with Gasteiger partial charge in [-0.1, -0.05) is 0 Å². The minimum absolute atomic E-state index is 0.00800. The van der Waals surface area contributed by atoms with Crippen LogP contribution < -0.4 is 5.73 Å². The highest BCUT2D eigenvalue weighted by Crippen LogP contribution is 2.57. The van der Waals surface area contributed by atoms with Crippen LogP contribution in [0.15, 0.2) is 0 Å². The molecule has 0 aromatic heterocycles. The molecule has 0 amide bonds. The Morgan fingerprint density at radius 1 is 0.659 bits per heavy atom. The normalized spacial score (nSPS) is 29.5. The Morgan fingerprint density at radius 2 is 0.955 bits per heavy atom. The first-order valence-corrected chi connectivity index (χ1v) is 17.9. The number of piperidine rings is 1. The molecule has 2 spiro atoms. The molecule has 244 valence electrons. The van der Waals surface area contributed by atoms with Crippen LogP contribution in [-0.2, 0) is 36.3 Å². The molecular weight excluding hydrogens is 614 g/mol. The summed E-state index contributed by atoms with van der Waals surface area (Å²) in [5.74, 6) is 0. The van der Waals surface area contributed by atoms with Gasteiger partial charge in [0.1, 0.15) is 0 Å². The van der Waals surface area contributed by atoms with E-state index in [1.165, 1.54) is 5.06 Å². The van der Waals surface area contributed by atoms with Crippen LogP contribution in [0.4, 0.5) is 0 Å². The lowest BCUT2D eigenvalue weighted by atomic mass is 9.65. The molecule has 2 aliphatic carbocycles. The van der Waals surface area contributed by atoms with Crippen molar-refractivity contribution in [3.63, 3.8) is 0 Å². The second-order valence-corrected chi connectivity index (χ2v) is 14.6. The third-order valence-electron chi connectivity index (χ3n) is 8.32. The summed E-state index contributed by atoms with van der Waals surface area (Å²) in [4.78, 5) is 0. The Balaban J connectivity index is 1.62. The van der Waals surface area contributed by atoms with Crippen molar-refractivity contribution in [3.8, 4) is 24.3 Å². The van der Waals surface area contributed by atoms with Crippen molar-refractivity contribution in [2.45, 2.75) is 119 Å². The fraction of sp³-hybridized carbons (Fsp3) is 0.852. The maximum atomic E-state index is 13.2. The molecular formula is C27H42N6O9P2. The van der Waals surface area contributed by atoms with Crippen molar-refractivity contribution in [2.24, 2.45) is 5.73 Å². The van der Waals surface area contributed by atoms with E-state index in [-0.39, 0.29) is 58.2 Å². The average molecular weight is 657 g/mol. The molecule has 2 saturated carbocycles. The predicted octanol–water partition coefficient (Wildman–Crippen LogP) is 5.13. The van der Waals surface area contributed by atoms with Gasteiger partial charge in [-0.15, -0.1) is 0 Å². The molecule has 0 aromatic rings. The maximum Gasteiger partial charge on any atom is 0.475 e. The van der Waals surface area contributed by atoms with Gasteiger partial charge >= 0.3 is 15.6 Å². The summed E-state index contributed by atoms with van der Waals surface area (Å²) < 4.78 is 59.2. The van der Waals surface area contributed by atoms with Crippen LogP contribution in [0, 0.1) is 45.3 Å². The predicted molar refractivity (Wildman–Crippen MR) is 153 cm³/mol. The van der Waals surface area contributed by atoms with E-state index in [1.54, 1.807) is 0 Å². The van der Waals surface area contributed by atoms with Gasteiger partial charge in [0.2, 0.25) is 0 Å². The molecule has 0 radical (unpaired) electrons. The third kappa shape index (κ3) is 10.0. The molecule has 15 nitrogen and oxygen atoms in total. The molecule has 44 heavy (non-hydrogen) atoms. The van der Waals surface area contributed by atoms with Gasteiger partial charge in [0.05, 0.1) is 88.6 Å². The zero-order valence-corrected chi connectivity index (χ0v) is 26.7. The van der Waals surface area contributed by atoms with Crippen LogP contribution >= 0.6 is 15.6 Å². The molecule has 0 unspecified atom stereocenters. The van der Waals surface area contributed by atoms with Crippen LogP contribution in [0.3, 0.4) is 0 Å². The van der Waals surface area contributed by atoms with Crippen molar-refractivity contribution in [3.05, 3.63) is 0 Å². The highest BCUT2D eigenvalue weighted by atomic mass is 31.2. The zero-order chi connectivity index (χ0) is 32.1. The molecule has 3 fully saturated rings. The van der Waals surface area contributed by atoms with Crippen LogP contribution in [-0.4, -0.2) is 66.0 Å². The standard InChI is InChI=1S/C27H42N6O9P2/c28-13-1-17-37-43(35,38-18-2-14-29)41-24-5-9-26(10-6-24)21-23(32)22-27(33(26)34)11-7-25(8-12-27)42-44(36,39-19-3-15-30)40-20-4-16-31/h23-25,34H,1-12,17-22,32H2. The van der Waals surface area contributed by atoms with E-state index < -0.39 is 38.9 Å². The van der Waals surface area contributed by atoms with Gasteiger partial charge in [0.15, 0.2) is 0 Å². The summed E-state index contributed by atoms with van der Waals surface area (Å²) >= 11 is 0. The summed E-state index contributed by atoms with van der Waals surface area (Å²) in [6, 6.07) is 7.48. The van der Waals surface area contributed by atoms with E-state index in [4.69, 9.17) is 53.9 Å². The van der Waals surface area contributed by atoms with Crippen molar-refractivity contribution < 1.29 is 41.5 Å². The van der Waals surface area contributed by atoms with Crippen molar-refractivity contribution in [1.82, 2.24) is 5.06 Å². The second-order valence-electron chi connectivity index (χ2n) is 11.4. The molecule has 1 saturated heterocycles. The first-order chi connectivity index (χ1) is 21.1. The van der Waals surface area contributed by atoms with Gasteiger partial charge in [-0.25, -0.2) is 9.13 Å². The number of phosphoric ester groups is 2. The van der Waals surface area contributed by atoms with E-state index >= 15 is 0 Å². The number of hydrogen-bond donors (Lipinski definition) is 2. The minimum atomic E-state index is -3.99. The Morgan fingerprint density at radius 3 is 1.23 bits per heavy atom. The van der Waals surface area contributed by atoms with Crippen LogP contribution in [0.1, 0.15) is 89.9 Å². The van der Waals surface area contributed by atoms with Crippen LogP contribution in [0.25, 0.3) is 0 Å². The van der Waals surface area contributed by atoms with Gasteiger partial charge < -0.3 is 10.9 Å². The lowest BCUT2D eigenvalue weighted by Gasteiger charge is -2.59. The first kappa shape index (κ1) is 36.5. The Bertz CT molecular complexity index is 1060. The number of hydrogen-bond acceptors (Lipinski definition) is 15. The van der Waals surface area contributed by atoms with E-state index in [9.17, 15) is 14.3 Å². The monoisotopic (exact) mass is 656 g/mol. The molecule has 3 aliphatic rings. The van der Waals surface area contributed by atoms with Crippen molar-refractivity contribution >= 4 is 15.6 Å². The molecule has 1 aliphatic heterocycles. The summed E-state index contributed by atoms with van der Waals surface area (Å²) in [6.45, 7) is -0.512. The van der Waals surface area contributed by atoms with Gasteiger partial charge in [0, 0.05) is 17.1 Å². The number of rotatable bonds is 16. The van der Waals surface area contributed by atoms with E-state index in [0.717, 1.165) is 0 Å². The second kappa shape index (κ2) is 17.1. The van der Waals surface area contributed by atoms with E-state index in [1.807, 2.05) is 24.3 Å². The average Bonchev–Trinajstić information content (AvgIpc) is 2.99. The smallest absolute Gasteiger partial charge is 0.328 e. The highest BCUT2D eigenvalue weighted by Gasteiger charge is 2.56. The number of nitrogens with zero attached hydrogens (tertiary/aromatic N) is 5. The minimum Gasteiger partial charge on any atom is -0.328 e. The molecule has 0 bridgehead atoms. The molecule has 1 heterocycles. The Kier molecular flexibility index (Phi) is 14.2. The molecule has 0 aromatic carbocycles. The van der Waals surface area contributed by atoms with Crippen molar-refractivity contribution in [2.75, 3.05) is 26.4 Å². The number of nitriles is 4.